The predicted octanol–water partition coefficient (Wildman–Crippen LogP) is 4.90. The minimum Gasteiger partial charge on any atom is -0.355 e. The van der Waals surface area contributed by atoms with E-state index in [4.69, 9.17) is 11.6 Å². The number of nitrogens with zero attached hydrogens (tertiary/aromatic N) is 3. The molecular weight excluding hydrogens is 453 g/mol. The molecule has 0 fully saturated rings. The van der Waals surface area contributed by atoms with E-state index in [1.54, 1.807) is 24.3 Å². The topological polar surface area (TPSA) is 122 Å². The van der Waals surface area contributed by atoms with Crippen LogP contribution in [0.1, 0.15) is 15.9 Å². The SMILES string of the molecule is CNC(=O)c1ccccc1Nc1nc(Nc2cc([N+](=O)[O-])cc(C(F)(F)F)c2)ncc1Cl. The molecule has 3 N–H and O–H groups in total. The van der Waals surface area contributed by atoms with Crippen LogP contribution in [0, 0.1) is 10.1 Å². The lowest BCUT2D eigenvalue weighted by Gasteiger charge is -2.13. The van der Waals surface area contributed by atoms with Gasteiger partial charge >= 0.3 is 6.18 Å². The maximum absolute atomic E-state index is 13.1. The van der Waals surface area contributed by atoms with Gasteiger partial charge in [-0.3, -0.25) is 14.9 Å². The quantitative estimate of drug-likeness (QED) is 0.348. The number of nitro groups is 1. The van der Waals surface area contributed by atoms with E-state index in [1.807, 2.05) is 0 Å². The Hall–Kier alpha value is -3.93. The van der Waals surface area contributed by atoms with Crippen LogP contribution in [-0.2, 0) is 6.18 Å². The molecule has 0 radical (unpaired) electrons. The number of rotatable bonds is 6. The third kappa shape index (κ3) is 5.21. The van der Waals surface area contributed by atoms with Crippen LogP contribution in [0.25, 0.3) is 0 Å². The Morgan fingerprint density at radius 2 is 1.88 bits per heavy atom. The van der Waals surface area contributed by atoms with Crippen molar-refractivity contribution in [1.29, 1.82) is 0 Å². The van der Waals surface area contributed by atoms with Gasteiger partial charge in [0, 0.05) is 24.9 Å². The Bertz CT molecular complexity index is 1190. The highest BCUT2D eigenvalue weighted by atomic mass is 35.5. The minimum atomic E-state index is -4.79. The van der Waals surface area contributed by atoms with Gasteiger partial charge in [-0.2, -0.15) is 18.2 Å². The molecule has 32 heavy (non-hydrogen) atoms. The molecule has 13 heteroatoms. The van der Waals surface area contributed by atoms with Crippen LogP contribution in [0.5, 0.6) is 0 Å². The Kier molecular flexibility index (Phi) is 6.44. The van der Waals surface area contributed by atoms with Crippen molar-refractivity contribution in [2.24, 2.45) is 0 Å². The summed E-state index contributed by atoms with van der Waals surface area (Å²) >= 11 is 6.11. The zero-order valence-electron chi connectivity index (χ0n) is 16.2. The summed E-state index contributed by atoms with van der Waals surface area (Å²) in [6.07, 6.45) is -3.61. The number of nitrogens with one attached hydrogen (secondary N) is 3. The number of anilines is 4. The van der Waals surface area contributed by atoms with E-state index in [-0.39, 0.29) is 28.4 Å². The molecule has 2 aromatic carbocycles. The van der Waals surface area contributed by atoms with Gasteiger partial charge in [0.2, 0.25) is 5.95 Å². The largest absolute Gasteiger partial charge is 0.416 e. The lowest BCUT2D eigenvalue weighted by atomic mass is 10.1. The van der Waals surface area contributed by atoms with Crippen LogP contribution in [0.2, 0.25) is 5.02 Å². The lowest BCUT2D eigenvalue weighted by Crippen LogP contribution is -2.19. The van der Waals surface area contributed by atoms with E-state index in [0.29, 0.717) is 23.4 Å². The number of carbonyl (C=O) groups excluding carboxylic acids is 1. The standard InChI is InChI=1S/C19H14ClF3N6O3/c1-24-17(30)13-4-2-3-5-15(13)27-16-14(20)9-25-18(28-16)26-11-6-10(19(21,22)23)7-12(8-11)29(31)32/h2-9H,1H3,(H,24,30)(H2,25,26,27,28). The minimum absolute atomic E-state index is 0.0574. The predicted molar refractivity (Wildman–Crippen MR) is 112 cm³/mol. The molecule has 0 unspecified atom stereocenters. The van der Waals surface area contributed by atoms with Crippen LogP contribution < -0.4 is 16.0 Å². The summed E-state index contributed by atoms with van der Waals surface area (Å²) in [5.74, 6) is -0.488. The molecule has 166 valence electrons. The van der Waals surface area contributed by atoms with Crippen molar-refractivity contribution in [3.63, 3.8) is 0 Å². The van der Waals surface area contributed by atoms with Crippen LogP contribution in [0.15, 0.2) is 48.7 Å². The monoisotopic (exact) mass is 466 g/mol. The molecule has 0 aliphatic heterocycles. The first-order chi connectivity index (χ1) is 15.1. The molecular formula is C19H14ClF3N6O3. The summed E-state index contributed by atoms with van der Waals surface area (Å²) in [5, 5.41) is 19.0. The van der Waals surface area contributed by atoms with Crippen molar-refractivity contribution in [3.8, 4) is 0 Å². The van der Waals surface area contributed by atoms with Gasteiger partial charge in [-0.05, 0) is 18.2 Å². The number of halogens is 4. The normalized spacial score (nSPS) is 11.0. The Morgan fingerprint density at radius 3 is 2.53 bits per heavy atom. The first kappa shape index (κ1) is 22.7. The lowest BCUT2D eigenvalue weighted by molar-refractivity contribution is -0.385. The highest BCUT2D eigenvalue weighted by Crippen LogP contribution is 2.35. The zero-order valence-corrected chi connectivity index (χ0v) is 17.0. The Labute approximate surface area is 183 Å². The number of nitro benzene ring substituents is 1. The van der Waals surface area contributed by atoms with Gasteiger partial charge in [0.15, 0.2) is 5.82 Å². The maximum atomic E-state index is 13.1. The molecule has 1 heterocycles. The number of alkyl halides is 3. The zero-order chi connectivity index (χ0) is 23.5. The van der Waals surface area contributed by atoms with Gasteiger partial charge in [0.1, 0.15) is 5.02 Å². The molecule has 3 aromatic rings. The van der Waals surface area contributed by atoms with Gasteiger partial charge < -0.3 is 16.0 Å². The van der Waals surface area contributed by atoms with Gasteiger partial charge in [-0.25, -0.2) is 4.98 Å². The van der Waals surface area contributed by atoms with E-state index in [2.05, 4.69) is 25.9 Å². The van der Waals surface area contributed by atoms with Crippen molar-refractivity contribution in [1.82, 2.24) is 15.3 Å². The summed E-state index contributed by atoms with van der Waals surface area (Å²) < 4.78 is 39.3. The molecule has 0 saturated carbocycles. The second-order valence-corrected chi connectivity index (χ2v) is 6.70. The van der Waals surface area contributed by atoms with Crippen molar-refractivity contribution in [3.05, 3.63) is 74.9 Å². The fourth-order valence-electron chi connectivity index (χ4n) is 2.65. The van der Waals surface area contributed by atoms with Crippen LogP contribution >= 0.6 is 11.6 Å². The second-order valence-electron chi connectivity index (χ2n) is 6.29. The fraction of sp³-hybridized carbons (Fsp3) is 0.105. The summed E-state index contributed by atoms with van der Waals surface area (Å²) in [6, 6.07) is 8.54. The molecule has 0 atom stereocenters. The van der Waals surface area contributed by atoms with Crippen LogP contribution in [0.4, 0.5) is 42.0 Å². The molecule has 0 aliphatic carbocycles. The van der Waals surface area contributed by atoms with Crippen molar-refractivity contribution in [2.45, 2.75) is 6.18 Å². The first-order valence-electron chi connectivity index (χ1n) is 8.83. The molecule has 9 nitrogen and oxygen atoms in total. The number of hydrogen-bond acceptors (Lipinski definition) is 7. The molecule has 1 aromatic heterocycles. The van der Waals surface area contributed by atoms with Crippen molar-refractivity contribution >= 4 is 46.3 Å². The maximum Gasteiger partial charge on any atom is 0.416 e. The molecule has 3 rings (SSSR count). The van der Waals surface area contributed by atoms with E-state index >= 15 is 0 Å². The third-order valence-electron chi connectivity index (χ3n) is 4.11. The summed E-state index contributed by atoms with van der Waals surface area (Å²) in [6.45, 7) is 0. The van der Waals surface area contributed by atoms with E-state index in [9.17, 15) is 28.1 Å². The van der Waals surface area contributed by atoms with Crippen molar-refractivity contribution in [2.75, 3.05) is 17.7 Å². The van der Waals surface area contributed by atoms with Gasteiger partial charge in [-0.1, -0.05) is 23.7 Å². The summed E-state index contributed by atoms with van der Waals surface area (Å²) in [5.41, 5.74) is -1.54. The second kappa shape index (κ2) is 9.06. The fourth-order valence-corrected chi connectivity index (χ4v) is 2.79. The molecule has 0 saturated heterocycles. The molecule has 0 bridgehead atoms. The third-order valence-corrected chi connectivity index (χ3v) is 4.38. The average molecular weight is 467 g/mol. The van der Waals surface area contributed by atoms with Gasteiger partial charge in [0.25, 0.3) is 11.6 Å². The molecule has 0 spiro atoms. The number of aromatic nitrogens is 2. The number of para-hydroxylation sites is 1. The molecule has 0 aliphatic rings. The number of benzene rings is 2. The number of carbonyl (C=O) groups is 1. The Balaban J connectivity index is 1.95. The van der Waals surface area contributed by atoms with Gasteiger partial charge in [-0.15, -0.1) is 0 Å². The summed E-state index contributed by atoms with van der Waals surface area (Å²) in [7, 11) is 1.47. The van der Waals surface area contributed by atoms with E-state index < -0.39 is 22.4 Å². The van der Waals surface area contributed by atoms with E-state index in [1.165, 1.54) is 13.2 Å². The Morgan fingerprint density at radius 1 is 1.16 bits per heavy atom. The van der Waals surface area contributed by atoms with Crippen molar-refractivity contribution < 1.29 is 22.9 Å². The number of amides is 1. The summed E-state index contributed by atoms with van der Waals surface area (Å²) in [4.78, 5) is 30.1. The van der Waals surface area contributed by atoms with E-state index in [0.717, 1.165) is 6.07 Å². The van der Waals surface area contributed by atoms with Gasteiger partial charge in [0.05, 0.1) is 27.9 Å². The number of non-ortho nitro benzene ring substituents is 1. The number of hydrogen-bond donors (Lipinski definition) is 3. The first-order valence-corrected chi connectivity index (χ1v) is 9.20. The smallest absolute Gasteiger partial charge is 0.355 e. The van der Waals surface area contributed by atoms with Crippen LogP contribution in [0.3, 0.4) is 0 Å². The average Bonchev–Trinajstić information content (AvgIpc) is 2.75. The molecule has 1 amide bonds. The van der Waals surface area contributed by atoms with Crippen LogP contribution in [-0.4, -0.2) is 27.8 Å². The highest BCUT2D eigenvalue weighted by Gasteiger charge is 2.33. The highest BCUT2D eigenvalue weighted by molar-refractivity contribution is 6.33.